The third kappa shape index (κ3) is 4.62. The number of carboxylic acid groups (broad SMARTS) is 1. The van der Waals surface area contributed by atoms with Gasteiger partial charge in [-0.05, 0) is 35.3 Å². The summed E-state index contributed by atoms with van der Waals surface area (Å²) in [5.74, 6) is -1.26. The first-order valence-electron chi connectivity index (χ1n) is 5.24. The van der Waals surface area contributed by atoms with Crippen molar-refractivity contribution in [2.24, 2.45) is 0 Å². The van der Waals surface area contributed by atoms with Gasteiger partial charge in [-0.3, -0.25) is 9.59 Å². The lowest BCUT2D eigenvalue weighted by Gasteiger charge is -2.13. The van der Waals surface area contributed by atoms with Crippen LogP contribution in [0.1, 0.15) is 30.1 Å². The fraction of sp³-hybridized carbons (Fsp3) is 0.364. The highest BCUT2D eigenvalue weighted by molar-refractivity contribution is 9.10. The smallest absolute Gasteiger partial charge is 0.303 e. The van der Waals surface area contributed by atoms with Crippen molar-refractivity contribution >= 4 is 39.4 Å². The number of carboxylic acids is 1. The van der Waals surface area contributed by atoms with Crippen molar-refractivity contribution in [1.29, 1.82) is 0 Å². The van der Waals surface area contributed by atoms with Crippen LogP contribution in [0.15, 0.2) is 16.7 Å². The van der Waals surface area contributed by atoms with Gasteiger partial charge in [0.25, 0.3) is 5.91 Å². The Labute approximate surface area is 118 Å². The van der Waals surface area contributed by atoms with E-state index < -0.39 is 5.97 Å². The third-order valence-corrected chi connectivity index (χ3v) is 2.95. The molecule has 5 nitrogen and oxygen atoms in total. The lowest BCUT2D eigenvalue weighted by Crippen LogP contribution is -2.33. The first-order valence-corrected chi connectivity index (χ1v) is 6.41. The van der Waals surface area contributed by atoms with E-state index in [2.05, 4.69) is 26.2 Å². The predicted molar refractivity (Wildman–Crippen MR) is 70.7 cm³/mol. The average Bonchev–Trinajstić information content (AvgIpc) is 2.29. The Morgan fingerprint density at radius 1 is 1.61 bits per heavy atom. The van der Waals surface area contributed by atoms with E-state index in [1.165, 1.54) is 6.20 Å². The highest BCUT2D eigenvalue weighted by Crippen LogP contribution is 2.18. The van der Waals surface area contributed by atoms with Crippen LogP contribution in [0.5, 0.6) is 0 Å². The minimum absolute atomic E-state index is 0.00587. The van der Waals surface area contributed by atoms with Crippen LogP contribution in [0.2, 0.25) is 5.15 Å². The van der Waals surface area contributed by atoms with Gasteiger partial charge in [-0.25, -0.2) is 4.98 Å². The highest BCUT2D eigenvalue weighted by atomic mass is 79.9. The Hall–Kier alpha value is -1.14. The minimum Gasteiger partial charge on any atom is -0.481 e. The molecule has 0 saturated carbocycles. The number of rotatable bonds is 5. The molecule has 1 unspecified atom stereocenters. The summed E-state index contributed by atoms with van der Waals surface area (Å²) in [6.45, 7) is 1.74. The summed E-state index contributed by atoms with van der Waals surface area (Å²) in [7, 11) is 0. The predicted octanol–water partition coefficient (Wildman–Crippen LogP) is 2.48. The molecule has 0 spiro atoms. The summed E-state index contributed by atoms with van der Waals surface area (Å²) < 4.78 is 0.648. The van der Waals surface area contributed by atoms with Crippen LogP contribution in [0.3, 0.4) is 0 Å². The molecule has 0 aromatic carbocycles. The lowest BCUT2D eigenvalue weighted by atomic mass is 10.1. The van der Waals surface area contributed by atoms with Crippen LogP contribution < -0.4 is 5.32 Å². The SMILES string of the molecule is CC(CCC(=O)O)NC(=O)c1cc(Br)cnc1Cl. The van der Waals surface area contributed by atoms with E-state index in [0.717, 1.165) is 0 Å². The molecule has 1 amide bonds. The van der Waals surface area contributed by atoms with E-state index >= 15 is 0 Å². The number of aromatic nitrogens is 1. The van der Waals surface area contributed by atoms with Crippen molar-refractivity contribution in [2.45, 2.75) is 25.8 Å². The molecule has 2 N–H and O–H groups in total. The number of carbonyl (C=O) groups is 2. The molecule has 7 heteroatoms. The summed E-state index contributed by atoms with van der Waals surface area (Å²) in [6.07, 6.45) is 1.86. The van der Waals surface area contributed by atoms with Gasteiger partial charge in [0.05, 0.1) is 5.56 Å². The Morgan fingerprint density at radius 2 is 2.28 bits per heavy atom. The third-order valence-electron chi connectivity index (χ3n) is 2.22. The van der Waals surface area contributed by atoms with E-state index in [1.807, 2.05) is 0 Å². The maximum absolute atomic E-state index is 11.9. The molecule has 98 valence electrons. The van der Waals surface area contributed by atoms with Crippen molar-refractivity contribution in [3.05, 3.63) is 27.5 Å². The summed E-state index contributed by atoms with van der Waals surface area (Å²) >= 11 is 9.02. The van der Waals surface area contributed by atoms with Gasteiger partial charge in [0.2, 0.25) is 0 Å². The zero-order valence-electron chi connectivity index (χ0n) is 9.61. The van der Waals surface area contributed by atoms with Crippen molar-refractivity contribution < 1.29 is 14.7 Å². The zero-order valence-corrected chi connectivity index (χ0v) is 12.0. The number of aliphatic carboxylic acids is 1. The second-order valence-electron chi connectivity index (χ2n) is 3.80. The van der Waals surface area contributed by atoms with Gasteiger partial charge in [0.15, 0.2) is 0 Å². The zero-order chi connectivity index (χ0) is 13.7. The second kappa shape index (κ2) is 6.70. The maximum atomic E-state index is 11.9. The molecule has 0 aliphatic heterocycles. The number of carbonyl (C=O) groups excluding carboxylic acids is 1. The number of amides is 1. The molecule has 0 fully saturated rings. The van der Waals surface area contributed by atoms with Crippen molar-refractivity contribution in [2.75, 3.05) is 0 Å². The van der Waals surface area contributed by atoms with E-state index in [4.69, 9.17) is 16.7 Å². The molecule has 0 aliphatic carbocycles. The van der Waals surface area contributed by atoms with Crippen molar-refractivity contribution in [1.82, 2.24) is 10.3 Å². The monoisotopic (exact) mass is 334 g/mol. The number of hydrogen-bond acceptors (Lipinski definition) is 3. The quantitative estimate of drug-likeness (QED) is 0.810. The lowest BCUT2D eigenvalue weighted by molar-refractivity contribution is -0.137. The molecule has 0 bridgehead atoms. The number of halogens is 2. The molecule has 1 aromatic heterocycles. The summed E-state index contributed by atoms with van der Waals surface area (Å²) in [4.78, 5) is 26.1. The molecule has 1 heterocycles. The largest absolute Gasteiger partial charge is 0.481 e. The Morgan fingerprint density at radius 3 is 2.89 bits per heavy atom. The van der Waals surface area contributed by atoms with Crippen LogP contribution in [-0.2, 0) is 4.79 Å². The Balaban J connectivity index is 2.64. The van der Waals surface area contributed by atoms with E-state index in [0.29, 0.717) is 10.9 Å². The second-order valence-corrected chi connectivity index (χ2v) is 5.07. The van der Waals surface area contributed by atoms with Crippen LogP contribution in [0, 0.1) is 0 Å². The van der Waals surface area contributed by atoms with E-state index in [1.54, 1.807) is 13.0 Å². The highest BCUT2D eigenvalue weighted by Gasteiger charge is 2.15. The Bertz CT molecular complexity index is 468. The van der Waals surface area contributed by atoms with E-state index in [9.17, 15) is 9.59 Å². The number of nitrogens with one attached hydrogen (secondary N) is 1. The Kier molecular flexibility index (Phi) is 5.55. The maximum Gasteiger partial charge on any atom is 0.303 e. The van der Waals surface area contributed by atoms with E-state index in [-0.39, 0.29) is 29.1 Å². The number of pyridine rings is 1. The van der Waals surface area contributed by atoms with Crippen LogP contribution in [-0.4, -0.2) is 28.0 Å². The standard InChI is InChI=1S/C11H12BrClN2O3/c1-6(2-3-9(16)17)15-11(18)8-4-7(12)5-14-10(8)13/h4-6H,2-3H2,1H3,(H,15,18)(H,16,17). The van der Waals surface area contributed by atoms with Gasteiger partial charge < -0.3 is 10.4 Å². The summed E-state index contributed by atoms with van der Waals surface area (Å²) in [6, 6.07) is 1.32. The van der Waals surface area contributed by atoms with Crippen molar-refractivity contribution in [3.63, 3.8) is 0 Å². The molecule has 18 heavy (non-hydrogen) atoms. The number of nitrogens with zero attached hydrogens (tertiary/aromatic N) is 1. The topological polar surface area (TPSA) is 79.3 Å². The van der Waals surface area contributed by atoms with Crippen LogP contribution in [0.4, 0.5) is 0 Å². The first-order chi connectivity index (χ1) is 8.40. The fourth-order valence-electron chi connectivity index (χ4n) is 1.30. The molecule has 1 aromatic rings. The van der Waals surface area contributed by atoms with Gasteiger partial charge in [-0.1, -0.05) is 11.6 Å². The number of hydrogen-bond donors (Lipinski definition) is 2. The van der Waals surface area contributed by atoms with Gasteiger partial charge >= 0.3 is 5.97 Å². The molecule has 0 aliphatic rings. The molecular weight excluding hydrogens is 323 g/mol. The summed E-state index contributed by atoms with van der Waals surface area (Å²) in [5, 5.41) is 11.3. The van der Waals surface area contributed by atoms with Gasteiger partial charge in [0, 0.05) is 23.1 Å². The molecule has 0 saturated heterocycles. The molecule has 1 atom stereocenters. The minimum atomic E-state index is -0.891. The van der Waals surface area contributed by atoms with Crippen molar-refractivity contribution in [3.8, 4) is 0 Å². The first kappa shape index (κ1) is 14.9. The van der Waals surface area contributed by atoms with Crippen LogP contribution in [0.25, 0.3) is 0 Å². The summed E-state index contributed by atoms with van der Waals surface area (Å²) in [5.41, 5.74) is 0.258. The average molecular weight is 336 g/mol. The van der Waals surface area contributed by atoms with Gasteiger partial charge in [-0.15, -0.1) is 0 Å². The molecule has 1 rings (SSSR count). The molecular formula is C11H12BrClN2O3. The fourth-order valence-corrected chi connectivity index (χ4v) is 1.82. The van der Waals surface area contributed by atoms with Crippen LogP contribution >= 0.6 is 27.5 Å². The van der Waals surface area contributed by atoms with Gasteiger partial charge in [0.1, 0.15) is 5.15 Å². The van der Waals surface area contributed by atoms with Gasteiger partial charge in [-0.2, -0.15) is 0 Å². The normalized spacial score (nSPS) is 11.9. The molecule has 0 radical (unpaired) electrons.